The number of benzene rings is 2. The van der Waals surface area contributed by atoms with Crippen LogP contribution in [0.25, 0.3) is 0 Å². The maximum Gasteiger partial charge on any atom is 0.338 e. The fourth-order valence-electron chi connectivity index (χ4n) is 2.33. The number of carbonyl (C=O) groups is 2. The molecule has 0 aliphatic rings. The highest BCUT2D eigenvalue weighted by Gasteiger charge is 2.24. The Morgan fingerprint density at radius 2 is 1.83 bits per heavy atom. The molecule has 0 bridgehead atoms. The lowest BCUT2D eigenvalue weighted by atomic mass is 10.2. The van der Waals surface area contributed by atoms with Crippen LogP contribution in [0.15, 0.2) is 53.4 Å². The number of sulfonamides is 1. The summed E-state index contributed by atoms with van der Waals surface area (Å²) in [7, 11) is -2.31. The number of halogens is 1. The fraction of sp³-hybridized carbons (Fsp3) is 0.300. The van der Waals surface area contributed by atoms with Gasteiger partial charge in [-0.2, -0.15) is 4.31 Å². The van der Waals surface area contributed by atoms with Gasteiger partial charge in [-0.25, -0.2) is 17.6 Å². The van der Waals surface area contributed by atoms with Crippen LogP contribution in [0.2, 0.25) is 0 Å². The molecule has 0 radical (unpaired) electrons. The summed E-state index contributed by atoms with van der Waals surface area (Å²) in [5, 5.41) is 2.45. The van der Waals surface area contributed by atoms with E-state index >= 15 is 0 Å². The number of ether oxygens (including phenoxy) is 1. The number of rotatable bonds is 8. The van der Waals surface area contributed by atoms with Gasteiger partial charge in [0.05, 0.1) is 10.5 Å². The van der Waals surface area contributed by atoms with E-state index in [1.807, 2.05) is 0 Å². The summed E-state index contributed by atoms with van der Waals surface area (Å²) in [5.41, 5.74) is 0.310. The lowest BCUT2D eigenvalue weighted by Crippen LogP contribution is -2.33. The number of nitrogens with zero attached hydrogens (tertiary/aromatic N) is 1. The van der Waals surface area contributed by atoms with Gasteiger partial charge in [0.2, 0.25) is 10.0 Å². The number of hydrogen-bond donors (Lipinski definition) is 1. The fourth-order valence-corrected chi connectivity index (χ4v) is 3.74. The SMILES string of the molecule is CC(C)N(C)S(=O)(=O)c1cccc(C(=O)OCC(=O)NCc2ccccc2F)c1. The second-order valence-corrected chi connectivity index (χ2v) is 8.58. The molecule has 0 unspecified atom stereocenters. The average Bonchev–Trinajstić information content (AvgIpc) is 2.70. The molecule has 0 fully saturated rings. The second-order valence-electron chi connectivity index (χ2n) is 6.59. The molecule has 0 spiro atoms. The largest absolute Gasteiger partial charge is 0.452 e. The van der Waals surface area contributed by atoms with Crippen molar-refractivity contribution >= 4 is 21.9 Å². The van der Waals surface area contributed by atoms with E-state index in [9.17, 15) is 22.4 Å². The van der Waals surface area contributed by atoms with Crippen molar-refractivity contribution in [2.45, 2.75) is 31.3 Å². The first-order chi connectivity index (χ1) is 13.6. The lowest BCUT2D eigenvalue weighted by Gasteiger charge is -2.21. The highest BCUT2D eigenvalue weighted by molar-refractivity contribution is 7.89. The minimum absolute atomic E-state index is 0.00475. The van der Waals surface area contributed by atoms with E-state index in [1.54, 1.807) is 19.9 Å². The summed E-state index contributed by atoms with van der Waals surface area (Å²) in [6.07, 6.45) is 0. The maximum absolute atomic E-state index is 13.5. The van der Waals surface area contributed by atoms with Gasteiger partial charge >= 0.3 is 5.97 Å². The number of esters is 1. The number of nitrogens with one attached hydrogen (secondary N) is 1. The molecular formula is C20H23FN2O5S. The van der Waals surface area contributed by atoms with Crippen molar-refractivity contribution in [2.24, 2.45) is 0 Å². The van der Waals surface area contributed by atoms with E-state index in [0.717, 1.165) is 0 Å². The Balaban J connectivity index is 1.97. The van der Waals surface area contributed by atoms with E-state index < -0.39 is 34.3 Å². The Morgan fingerprint density at radius 3 is 2.48 bits per heavy atom. The van der Waals surface area contributed by atoms with Crippen LogP contribution >= 0.6 is 0 Å². The van der Waals surface area contributed by atoms with Crippen LogP contribution in [-0.2, 0) is 26.1 Å². The van der Waals surface area contributed by atoms with Gasteiger partial charge in [-0.15, -0.1) is 0 Å². The maximum atomic E-state index is 13.5. The lowest BCUT2D eigenvalue weighted by molar-refractivity contribution is -0.124. The van der Waals surface area contributed by atoms with Gasteiger partial charge in [0.1, 0.15) is 5.82 Å². The van der Waals surface area contributed by atoms with Crippen molar-refractivity contribution < 1.29 is 27.1 Å². The molecule has 0 saturated carbocycles. The molecule has 0 aliphatic carbocycles. The molecule has 0 saturated heterocycles. The average molecular weight is 422 g/mol. The Labute approximate surface area is 169 Å². The first kappa shape index (κ1) is 22.5. The van der Waals surface area contributed by atoms with Gasteiger partial charge < -0.3 is 10.1 Å². The smallest absolute Gasteiger partial charge is 0.338 e. The summed E-state index contributed by atoms with van der Waals surface area (Å²) in [5.74, 6) is -1.89. The highest BCUT2D eigenvalue weighted by Crippen LogP contribution is 2.18. The van der Waals surface area contributed by atoms with Crippen LogP contribution in [0.3, 0.4) is 0 Å². The van der Waals surface area contributed by atoms with Crippen molar-refractivity contribution in [1.82, 2.24) is 9.62 Å². The van der Waals surface area contributed by atoms with Gasteiger partial charge in [-0.05, 0) is 38.1 Å². The Morgan fingerprint density at radius 1 is 1.14 bits per heavy atom. The van der Waals surface area contributed by atoms with Gasteiger partial charge in [-0.3, -0.25) is 4.79 Å². The van der Waals surface area contributed by atoms with Gasteiger partial charge in [0.15, 0.2) is 6.61 Å². The first-order valence-electron chi connectivity index (χ1n) is 8.88. The Bertz CT molecular complexity index is 992. The number of carbonyl (C=O) groups excluding carboxylic acids is 2. The molecule has 2 aromatic carbocycles. The van der Waals surface area contributed by atoms with Crippen molar-refractivity contribution in [3.63, 3.8) is 0 Å². The summed E-state index contributed by atoms with van der Waals surface area (Å²) < 4.78 is 44.7. The quantitative estimate of drug-likeness (QED) is 0.659. The predicted molar refractivity (Wildman–Crippen MR) is 105 cm³/mol. The summed E-state index contributed by atoms with van der Waals surface area (Å²) in [6.45, 7) is 2.85. The normalized spacial score (nSPS) is 11.5. The third-order valence-corrected chi connectivity index (χ3v) is 6.27. The molecule has 0 aromatic heterocycles. The van der Waals surface area contributed by atoms with Crippen LogP contribution in [0.4, 0.5) is 4.39 Å². The van der Waals surface area contributed by atoms with Crippen molar-refractivity contribution in [3.05, 3.63) is 65.5 Å². The standard InChI is InChI=1S/C20H23FN2O5S/c1-14(2)23(3)29(26,27)17-9-6-8-15(11-17)20(25)28-13-19(24)22-12-16-7-4-5-10-18(16)21/h4-11,14H,12-13H2,1-3H3,(H,22,24). The third kappa shape index (κ3) is 5.85. The second kappa shape index (κ2) is 9.62. The molecule has 0 aliphatic heterocycles. The summed E-state index contributed by atoms with van der Waals surface area (Å²) in [6, 6.07) is 11.1. The van der Waals surface area contributed by atoms with E-state index in [-0.39, 0.29) is 23.0 Å². The zero-order valence-electron chi connectivity index (χ0n) is 16.4. The van der Waals surface area contributed by atoms with E-state index in [1.165, 1.54) is 53.8 Å². The van der Waals surface area contributed by atoms with Crippen molar-refractivity contribution in [3.8, 4) is 0 Å². The number of amides is 1. The molecule has 1 N–H and O–H groups in total. The van der Waals surface area contributed by atoms with Crippen molar-refractivity contribution in [2.75, 3.05) is 13.7 Å². The minimum atomic E-state index is -3.76. The predicted octanol–water partition coefficient (Wildman–Crippen LogP) is 2.33. The molecule has 9 heteroatoms. The van der Waals surface area contributed by atoms with Crippen LogP contribution in [0.1, 0.15) is 29.8 Å². The molecule has 1 amide bonds. The molecule has 2 rings (SSSR count). The summed E-state index contributed by atoms with van der Waals surface area (Å²) in [4.78, 5) is 24.0. The van der Waals surface area contributed by atoms with E-state index in [0.29, 0.717) is 5.56 Å². The van der Waals surface area contributed by atoms with Crippen LogP contribution in [0.5, 0.6) is 0 Å². The first-order valence-corrected chi connectivity index (χ1v) is 10.3. The van der Waals surface area contributed by atoms with Crippen LogP contribution in [0, 0.1) is 5.82 Å². The van der Waals surface area contributed by atoms with Crippen LogP contribution < -0.4 is 5.32 Å². The minimum Gasteiger partial charge on any atom is -0.452 e. The zero-order valence-corrected chi connectivity index (χ0v) is 17.2. The topological polar surface area (TPSA) is 92.8 Å². The van der Waals surface area contributed by atoms with E-state index in [4.69, 9.17) is 4.74 Å². The zero-order chi connectivity index (χ0) is 21.6. The summed E-state index contributed by atoms with van der Waals surface area (Å²) >= 11 is 0. The molecule has 7 nitrogen and oxygen atoms in total. The van der Waals surface area contributed by atoms with Gasteiger partial charge in [-0.1, -0.05) is 24.3 Å². The molecule has 0 heterocycles. The van der Waals surface area contributed by atoms with E-state index in [2.05, 4.69) is 5.32 Å². The molecule has 2 aromatic rings. The Hall–Kier alpha value is -2.78. The monoisotopic (exact) mass is 422 g/mol. The molecular weight excluding hydrogens is 399 g/mol. The Kier molecular flexibility index (Phi) is 7.46. The molecule has 0 atom stereocenters. The third-order valence-electron chi connectivity index (χ3n) is 4.24. The van der Waals surface area contributed by atoms with Gasteiger partial charge in [0.25, 0.3) is 5.91 Å². The number of hydrogen-bond acceptors (Lipinski definition) is 5. The van der Waals surface area contributed by atoms with Gasteiger partial charge in [0, 0.05) is 25.2 Å². The van der Waals surface area contributed by atoms with Crippen molar-refractivity contribution in [1.29, 1.82) is 0 Å². The molecule has 156 valence electrons. The van der Waals surface area contributed by atoms with Crippen LogP contribution in [-0.4, -0.2) is 44.3 Å². The highest BCUT2D eigenvalue weighted by atomic mass is 32.2. The molecule has 29 heavy (non-hydrogen) atoms.